The molecule has 180 valence electrons. The molecule has 1 heterocycles. The number of hydrogen-bond donors (Lipinski definition) is 1. The summed E-state index contributed by atoms with van der Waals surface area (Å²) in [4.78, 5) is 50.0. The molecule has 0 aromatic heterocycles. The maximum atomic E-state index is 12.8. The van der Waals surface area contributed by atoms with Crippen molar-refractivity contribution in [3.05, 3.63) is 47.1 Å². The molecule has 2 aliphatic rings. The molecular formula is C25H32O8. The van der Waals surface area contributed by atoms with Gasteiger partial charge in [0, 0.05) is 16.7 Å². The van der Waals surface area contributed by atoms with Crippen molar-refractivity contribution in [1.29, 1.82) is 0 Å². The molecular weight excluding hydrogens is 428 g/mol. The summed E-state index contributed by atoms with van der Waals surface area (Å²) in [6, 6.07) is 0. The monoisotopic (exact) mass is 460 g/mol. The molecule has 8 heteroatoms. The summed E-state index contributed by atoms with van der Waals surface area (Å²) in [6.07, 6.45) is 3.15. The number of carbonyl (C=O) groups is 4. The molecule has 8 nitrogen and oxygen atoms in total. The van der Waals surface area contributed by atoms with Gasteiger partial charge in [-0.15, -0.1) is 0 Å². The molecule has 1 saturated heterocycles. The van der Waals surface area contributed by atoms with Gasteiger partial charge < -0.3 is 19.3 Å². The van der Waals surface area contributed by atoms with E-state index in [4.69, 9.17) is 14.2 Å². The minimum atomic E-state index is -1.26. The lowest BCUT2D eigenvalue weighted by molar-refractivity contribution is -0.169. The van der Waals surface area contributed by atoms with E-state index in [2.05, 4.69) is 6.58 Å². The van der Waals surface area contributed by atoms with Gasteiger partial charge in [-0.25, -0.2) is 9.59 Å². The van der Waals surface area contributed by atoms with E-state index in [0.717, 1.165) is 0 Å². The third-order valence-electron chi connectivity index (χ3n) is 6.08. The summed E-state index contributed by atoms with van der Waals surface area (Å²) in [5.41, 5.74) is 1.03. The van der Waals surface area contributed by atoms with Crippen LogP contribution in [0.2, 0.25) is 0 Å². The number of ether oxygens (including phenoxy) is 3. The van der Waals surface area contributed by atoms with Crippen LogP contribution in [0.1, 0.15) is 47.0 Å². The largest absolute Gasteiger partial charge is 0.454 e. The Hall–Kier alpha value is -3.00. The Morgan fingerprint density at radius 3 is 2.64 bits per heavy atom. The van der Waals surface area contributed by atoms with Crippen molar-refractivity contribution in [2.75, 3.05) is 6.61 Å². The van der Waals surface area contributed by atoms with E-state index in [0.29, 0.717) is 36.7 Å². The molecule has 1 aliphatic carbocycles. The van der Waals surface area contributed by atoms with E-state index in [9.17, 15) is 24.3 Å². The molecule has 0 spiro atoms. The first kappa shape index (κ1) is 26.3. The van der Waals surface area contributed by atoms with E-state index in [1.165, 1.54) is 0 Å². The van der Waals surface area contributed by atoms with Crippen LogP contribution in [0.3, 0.4) is 0 Å². The highest BCUT2D eigenvalue weighted by molar-refractivity contribution is 5.92. The zero-order valence-corrected chi connectivity index (χ0v) is 19.5. The van der Waals surface area contributed by atoms with Crippen LogP contribution in [0.25, 0.3) is 0 Å². The summed E-state index contributed by atoms with van der Waals surface area (Å²) in [6.45, 7) is 10.3. The number of aliphatic hydroxyl groups is 1. The Balaban J connectivity index is 2.67. The minimum Gasteiger partial charge on any atom is -0.454 e. The highest BCUT2D eigenvalue weighted by Crippen LogP contribution is 2.37. The quantitative estimate of drug-likeness (QED) is 0.203. The molecule has 0 aromatic carbocycles. The van der Waals surface area contributed by atoms with Gasteiger partial charge in [0.1, 0.15) is 12.4 Å². The lowest BCUT2D eigenvalue weighted by Crippen LogP contribution is -2.46. The average molecular weight is 461 g/mol. The molecule has 2 rings (SSSR count). The van der Waals surface area contributed by atoms with Crippen molar-refractivity contribution in [2.45, 2.75) is 65.3 Å². The molecule has 1 N–H and O–H groups in total. The van der Waals surface area contributed by atoms with Crippen molar-refractivity contribution in [1.82, 2.24) is 0 Å². The molecule has 1 fully saturated rings. The van der Waals surface area contributed by atoms with Crippen molar-refractivity contribution in [2.24, 2.45) is 11.8 Å². The van der Waals surface area contributed by atoms with Crippen LogP contribution in [0.5, 0.6) is 0 Å². The third kappa shape index (κ3) is 6.07. The van der Waals surface area contributed by atoms with Gasteiger partial charge in [-0.2, -0.15) is 0 Å². The fourth-order valence-corrected chi connectivity index (χ4v) is 3.62. The molecule has 5 atom stereocenters. The molecule has 0 radical (unpaired) electrons. The first-order valence-corrected chi connectivity index (χ1v) is 11.1. The van der Waals surface area contributed by atoms with Crippen LogP contribution in [0.4, 0.5) is 0 Å². The van der Waals surface area contributed by atoms with Gasteiger partial charge in [0.15, 0.2) is 12.2 Å². The van der Waals surface area contributed by atoms with E-state index >= 15 is 0 Å². The number of aldehydes is 1. The molecule has 33 heavy (non-hydrogen) atoms. The Kier molecular flexibility index (Phi) is 9.34. The summed E-state index contributed by atoms with van der Waals surface area (Å²) in [7, 11) is 0. The average Bonchev–Trinajstić information content (AvgIpc) is 3.09. The fourth-order valence-electron chi connectivity index (χ4n) is 3.62. The van der Waals surface area contributed by atoms with Crippen LogP contribution in [-0.2, 0) is 33.4 Å². The minimum absolute atomic E-state index is 0.0277. The first-order chi connectivity index (χ1) is 15.7. The fraction of sp³-hybridized carbons (Fsp3) is 0.520. The molecule has 1 aliphatic heterocycles. The maximum absolute atomic E-state index is 12.8. The van der Waals surface area contributed by atoms with Gasteiger partial charge in [-0.3, -0.25) is 9.59 Å². The SMILES string of the molecule is C=C1C(=O)O[C@@H]2/C=C(/CO)CC/C=C(/C=O)[C@@H](OC(=O)[C@H](C)CC)[C@@H](OC(=O)/C(C)=C\C)[C@@H]12. The van der Waals surface area contributed by atoms with Crippen LogP contribution >= 0.6 is 0 Å². The number of rotatable bonds is 7. The van der Waals surface area contributed by atoms with Crippen molar-refractivity contribution in [3.8, 4) is 0 Å². The Morgan fingerprint density at radius 2 is 2.06 bits per heavy atom. The molecule has 0 saturated carbocycles. The predicted molar refractivity (Wildman–Crippen MR) is 120 cm³/mol. The number of carbonyl (C=O) groups excluding carboxylic acids is 4. The number of hydrogen-bond acceptors (Lipinski definition) is 8. The van der Waals surface area contributed by atoms with Gasteiger partial charge in [-0.05, 0) is 44.8 Å². The standard InChI is InChI=1S/C25H32O8/c1-6-14(3)23(28)32-21-18(13-27)10-8-9-17(12-26)11-19-20(16(5)25(30)31-19)22(21)33-24(29)15(4)7-2/h7,10-11,13-14,19-22,26H,5-6,8-9,12H2,1-4H3/b15-7-,17-11+,18-10-/t14-,19-,20+,21-,22+/m1/s1. The molecule has 0 unspecified atom stereocenters. The van der Waals surface area contributed by atoms with Crippen LogP contribution < -0.4 is 0 Å². The molecule has 0 amide bonds. The van der Waals surface area contributed by atoms with Crippen LogP contribution in [0, 0.1) is 11.8 Å². The predicted octanol–water partition coefficient (Wildman–Crippen LogP) is 2.76. The van der Waals surface area contributed by atoms with Gasteiger partial charge >= 0.3 is 17.9 Å². The van der Waals surface area contributed by atoms with E-state index in [-0.39, 0.29) is 17.8 Å². The topological polar surface area (TPSA) is 116 Å². The smallest absolute Gasteiger partial charge is 0.334 e. The van der Waals surface area contributed by atoms with Crippen molar-refractivity contribution in [3.63, 3.8) is 0 Å². The summed E-state index contributed by atoms with van der Waals surface area (Å²) in [5.74, 6) is -3.32. The van der Waals surface area contributed by atoms with Crippen LogP contribution in [0.15, 0.2) is 47.1 Å². The Bertz CT molecular complexity index is 894. The summed E-state index contributed by atoms with van der Waals surface area (Å²) in [5, 5.41) is 9.74. The van der Waals surface area contributed by atoms with Gasteiger partial charge in [0.05, 0.1) is 18.4 Å². The number of aliphatic hydroxyl groups excluding tert-OH is 1. The number of fused-ring (bicyclic) bond motifs is 1. The van der Waals surface area contributed by atoms with E-state index in [1.54, 1.807) is 39.0 Å². The normalized spacial score (nSPS) is 30.0. The number of esters is 3. The third-order valence-corrected chi connectivity index (χ3v) is 6.08. The summed E-state index contributed by atoms with van der Waals surface area (Å²) >= 11 is 0. The Labute approximate surface area is 194 Å². The zero-order chi connectivity index (χ0) is 24.7. The maximum Gasteiger partial charge on any atom is 0.334 e. The van der Waals surface area contributed by atoms with Gasteiger partial charge in [-0.1, -0.05) is 32.6 Å². The first-order valence-electron chi connectivity index (χ1n) is 11.1. The van der Waals surface area contributed by atoms with E-state index in [1.807, 2.05) is 6.92 Å². The lowest BCUT2D eigenvalue weighted by Gasteiger charge is -2.33. The second-order valence-electron chi connectivity index (χ2n) is 8.27. The molecule has 0 aromatic rings. The van der Waals surface area contributed by atoms with Crippen molar-refractivity contribution < 1.29 is 38.5 Å². The second-order valence-corrected chi connectivity index (χ2v) is 8.27. The zero-order valence-electron chi connectivity index (χ0n) is 19.5. The number of allylic oxidation sites excluding steroid dienone is 2. The molecule has 0 bridgehead atoms. The van der Waals surface area contributed by atoms with Crippen LogP contribution in [-0.4, -0.2) is 54.2 Å². The van der Waals surface area contributed by atoms with Gasteiger partial charge in [0.25, 0.3) is 0 Å². The van der Waals surface area contributed by atoms with E-state index < -0.39 is 48.1 Å². The second kappa shape index (κ2) is 11.7. The van der Waals surface area contributed by atoms with Gasteiger partial charge in [0.2, 0.25) is 0 Å². The summed E-state index contributed by atoms with van der Waals surface area (Å²) < 4.78 is 17.0. The Morgan fingerprint density at radius 1 is 1.36 bits per heavy atom. The van der Waals surface area contributed by atoms with Crippen molar-refractivity contribution >= 4 is 24.2 Å². The highest BCUT2D eigenvalue weighted by atomic mass is 16.6. The lowest BCUT2D eigenvalue weighted by atomic mass is 9.83. The highest BCUT2D eigenvalue weighted by Gasteiger charge is 2.49.